The van der Waals surface area contributed by atoms with Crippen molar-refractivity contribution in [1.82, 2.24) is 5.32 Å². The highest BCUT2D eigenvalue weighted by Gasteiger charge is 2.13. The van der Waals surface area contributed by atoms with Crippen LogP contribution in [0, 0.1) is 19.7 Å². The van der Waals surface area contributed by atoms with Gasteiger partial charge in [-0.1, -0.05) is 12.1 Å². The number of rotatable bonds is 3. The number of halogens is 1. The summed E-state index contributed by atoms with van der Waals surface area (Å²) in [6, 6.07) is 9.28. The summed E-state index contributed by atoms with van der Waals surface area (Å²) in [4.78, 5) is 12.2. The Bertz CT molecular complexity index is 682. The van der Waals surface area contributed by atoms with E-state index in [2.05, 4.69) is 5.32 Å². The van der Waals surface area contributed by atoms with Crippen LogP contribution in [-0.4, -0.2) is 11.0 Å². The highest BCUT2D eigenvalue weighted by molar-refractivity contribution is 5.94. The number of phenolic OH excluding ortho intramolecular Hbond substituents is 1. The molecule has 0 saturated heterocycles. The van der Waals surface area contributed by atoms with Crippen molar-refractivity contribution in [3.8, 4) is 5.75 Å². The summed E-state index contributed by atoms with van der Waals surface area (Å²) in [5.74, 6) is -0.388. The van der Waals surface area contributed by atoms with Crippen molar-refractivity contribution in [3.63, 3.8) is 0 Å². The van der Waals surface area contributed by atoms with Gasteiger partial charge in [-0.2, -0.15) is 0 Å². The van der Waals surface area contributed by atoms with Crippen LogP contribution in [-0.2, 0) is 0 Å². The molecule has 4 heteroatoms. The summed E-state index contributed by atoms with van der Waals surface area (Å²) in [6.45, 7) is 5.22. The monoisotopic (exact) mass is 287 g/mol. The van der Waals surface area contributed by atoms with Crippen LogP contribution in [0.2, 0.25) is 0 Å². The Labute approximate surface area is 123 Å². The van der Waals surface area contributed by atoms with Gasteiger partial charge in [-0.15, -0.1) is 0 Å². The number of nitrogens with one attached hydrogen (secondary N) is 1. The first-order valence-electron chi connectivity index (χ1n) is 6.75. The molecule has 1 atom stereocenters. The highest BCUT2D eigenvalue weighted by Crippen LogP contribution is 2.19. The topological polar surface area (TPSA) is 49.3 Å². The molecule has 0 aliphatic rings. The second-order valence-electron chi connectivity index (χ2n) is 5.21. The smallest absolute Gasteiger partial charge is 0.251 e. The Morgan fingerprint density at radius 2 is 1.86 bits per heavy atom. The molecule has 2 N–H and O–H groups in total. The van der Waals surface area contributed by atoms with E-state index >= 15 is 0 Å². The molecule has 110 valence electrons. The second-order valence-corrected chi connectivity index (χ2v) is 5.21. The van der Waals surface area contributed by atoms with Crippen LogP contribution in [0.15, 0.2) is 36.4 Å². The lowest BCUT2D eigenvalue weighted by Gasteiger charge is -2.15. The first-order valence-corrected chi connectivity index (χ1v) is 6.75. The van der Waals surface area contributed by atoms with E-state index in [4.69, 9.17) is 0 Å². The molecule has 0 aliphatic carbocycles. The van der Waals surface area contributed by atoms with E-state index in [1.165, 1.54) is 12.1 Å². The van der Waals surface area contributed by atoms with Gasteiger partial charge in [0.15, 0.2) is 0 Å². The average Bonchev–Trinajstić information content (AvgIpc) is 2.44. The number of aryl methyl sites for hydroxylation is 2. The normalized spacial score (nSPS) is 12.0. The van der Waals surface area contributed by atoms with Gasteiger partial charge in [-0.25, -0.2) is 4.39 Å². The molecule has 2 aromatic rings. The molecule has 2 rings (SSSR count). The van der Waals surface area contributed by atoms with Crippen LogP contribution in [0.1, 0.15) is 40.0 Å². The fraction of sp³-hybridized carbons (Fsp3) is 0.235. The van der Waals surface area contributed by atoms with Crippen LogP contribution >= 0.6 is 0 Å². The maximum Gasteiger partial charge on any atom is 0.251 e. The fourth-order valence-corrected chi connectivity index (χ4v) is 2.04. The van der Waals surface area contributed by atoms with Crippen LogP contribution in [0.3, 0.4) is 0 Å². The third-order valence-electron chi connectivity index (χ3n) is 3.50. The lowest BCUT2D eigenvalue weighted by molar-refractivity contribution is 0.0939. The zero-order valence-corrected chi connectivity index (χ0v) is 12.3. The molecule has 1 amide bonds. The van der Waals surface area contributed by atoms with E-state index in [-0.39, 0.29) is 23.5 Å². The van der Waals surface area contributed by atoms with Crippen LogP contribution in [0.5, 0.6) is 5.75 Å². The van der Waals surface area contributed by atoms with Crippen LogP contribution in [0.25, 0.3) is 0 Å². The zero-order valence-electron chi connectivity index (χ0n) is 12.3. The van der Waals surface area contributed by atoms with Crippen molar-refractivity contribution in [2.45, 2.75) is 26.8 Å². The Morgan fingerprint density at radius 1 is 1.14 bits per heavy atom. The van der Waals surface area contributed by atoms with E-state index in [1.54, 1.807) is 45.0 Å². The number of carbonyl (C=O) groups is 1. The first kappa shape index (κ1) is 15.0. The number of hydrogen-bond acceptors (Lipinski definition) is 2. The van der Waals surface area contributed by atoms with Gasteiger partial charge in [0.25, 0.3) is 5.91 Å². The molecule has 2 aromatic carbocycles. The number of carbonyl (C=O) groups excluding carboxylic acids is 1. The van der Waals surface area contributed by atoms with Crippen molar-refractivity contribution < 1.29 is 14.3 Å². The summed E-state index contributed by atoms with van der Waals surface area (Å²) in [6.07, 6.45) is 0. The zero-order chi connectivity index (χ0) is 15.6. The Kier molecular flexibility index (Phi) is 4.26. The molecule has 1 unspecified atom stereocenters. The molecule has 0 saturated carbocycles. The van der Waals surface area contributed by atoms with Gasteiger partial charge in [0.05, 0.1) is 6.04 Å². The van der Waals surface area contributed by atoms with E-state index < -0.39 is 0 Å². The van der Waals surface area contributed by atoms with Crippen LogP contribution < -0.4 is 5.32 Å². The van der Waals surface area contributed by atoms with Crippen molar-refractivity contribution >= 4 is 5.91 Å². The predicted molar refractivity (Wildman–Crippen MR) is 79.9 cm³/mol. The van der Waals surface area contributed by atoms with Gasteiger partial charge < -0.3 is 10.4 Å². The molecular formula is C17H18FNO2. The highest BCUT2D eigenvalue weighted by atomic mass is 19.1. The van der Waals surface area contributed by atoms with Gasteiger partial charge in [0.1, 0.15) is 11.6 Å². The Morgan fingerprint density at radius 3 is 2.48 bits per heavy atom. The quantitative estimate of drug-likeness (QED) is 0.905. The standard InChI is InChI=1S/C17H18FNO2/c1-10-4-5-13(9-15(10)18)12(3)19-17(21)14-6-7-16(20)11(2)8-14/h4-9,12,20H,1-3H3,(H,19,21). The van der Waals surface area contributed by atoms with E-state index in [0.29, 0.717) is 22.3 Å². The van der Waals surface area contributed by atoms with Gasteiger partial charge >= 0.3 is 0 Å². The number of hydrogen-bond donors (Lipinski definition) is 2. The molecule has 0 spiro atoms. The van der Waals surface area contributed by atoms with Crippen molar-refractivity contribution in [3.05, 3.63) is 64.5 Å². The molecule has 0 bridgehead atoms. The third-order valence-corrected chi connectivity index (χ3v) is 3.50. The SMILES string of the molecule is Cc1cc(C(=O)NC(C)c2ccc(C)c(F)c2)ccc1O. The molecule has 0 radical (unpaired) electrons. The van der Waals surface area contributed by atoms with Gasteiger partial charge in [-0.05, 0) is 61.7 Å². The summed E-state index contributed by atoms with van der Waals surface area (Å²) in [5, 5.41) is 12.3. The maximum absolute atomic E-state index is 13.6. The van der Waals surface area contributed by atoms with E-state index in [0.717, 1.165) is 0 Å². The number of aromatic hydroxyl groups is 1. The lowest BCUT2D eigenvalue weighted by Crippen LogP contribution is -2.26. The number of benzene rings is 2. The fourth-order valence-electron chi connectivity index (χ4n) is 2.04. The molecule has 0 aliphatic heterocycles. The average molecular weight is 287 g/mol. The maximum atomic E-state index is 13.6. The molecule has 21 heavy (non-hydrogen) atoms. The summed E-state index contributed by atoms with van der Waals surface area (Å²) >= 11 is 0. The summed E-state index contributed by atoms with van der Waals surface area (Å²) < 4.78 is 13.6. The van der Waals surface area contributed by atoms with Gasteiger partial charge in [0, 0.05) is 5.56 Å². The van der Waals surface area contributed by atoms with Crippen LogP contribution in [0.4, 0.5) is 4.39 Å². The van der Waals surface area contributed by atoms with Crippen molar-refractivity contribution in [1.29, 1.82) is 0 Å². The molecule has 0 fully saturated rings. The first-order chi connectivity index (χ1) is 9.88. The minimum atomic E-state index is -0.304. The molecule has 3 nitrogen and oxygen atoms in total. The number of phenols is 1. The number of amides is 1. The molecular weight excluding hydrogens is 269 g/mol. The largest absolute Gasteiger partial charge is 0.508 e. The molecule has 0 heterocycles. The van der Waals surface area contributed by atoms with Gasteiger partial charge in [0.2, 0.25) is 0 Å². The summed E-state index contributed by atoms with van der Waals surface area (Å²) in [5.41, 5.74) is 2.38. The Balaban J connectivity index is 2.14. The second kappa shape index (κ2) is 5.95. The van der Waals surface area contributed by atoms with E-state index in [1.807, 2.05) is 0 Å². The van der Waals surface area contributed by atoms with E-state index in [9.17, 15) is 14.3 Å². The van der Waals surface area contributed by atoms with Crippen molar-refractivity contribution in [2.75, 3.05) is 0 Å². The Hall–Kier alpha value is -2.36. The minimum absolute atomic E-state index is 0.153. The predicted octanol–water partition coefficient (Wildman–Crippen LogP) is 3.64. The molecule has 0 aromatic heterocycles. The van der Waals surface area contributed by atoms with Crippen molar-refractivity contribution in [2.24, 2.45) is 0 Å². The third kappa shape index (κ3) is 3.40. The minimum Gasteiger partial charge on any atom is -0.508 e. The lowest BCUT2D eigenvalue weighted by atomic mass is 10.0. The summed E-state index contributed by atoms with van der Waals surface area (Å²) in [7, 11) is 0. The van der Waals surface area contributed by atoms with Gasteiger partial charge in [-0.3, -0.25) is 4.79 Å².